The second-order valence-corrected chi connectivity index (χ2v) is 5.28. The van der Waals surface area contributed by atoms with Crippen LogP contribution in [0.15, 0.2) is 24.3 Å². The topological polar surface area (TPSA) is 78.5 Å². The minimum atomic E-state index is -0.354. The molecule has 0 atom stereocenters. The Morgan fingerprint density at radius 1 is 1.05 bits per heavy atom. The molecule has 3 amide bonds. The zero-order valence-corrected chi connectivity index (χ0v) is 12.7. The Bertz CT molecular complexity index is 572. The average molecular weight is 303 g/mol. The molecule has 0 saturated heterocycles. The van der Waals surface area contributed by atoms with Crippen molar-refractivity contribution in [2.45, 2.75) is 39.2 Å². The van der Waals surface area contributed by atoms with Crippen LogP contribution in [-0.4, -0.2) is 29.2 Å². The van der Waals surface area contributed by atoms with E-state index in [0.717, 1.165) is 6.42 Å². The van der Waals surface area contributed by atoms with E-state index in [1.165, 1.54) is 11.1 Å². The second kappa shape index (κ2) is 7.59. The number of hydrazine groups is 1. The number of benzene rings is 1. The van der Waals surface area contributed by atoms with Gasteiger partial charge in [-0.25, -0.2) is 0 Å². The molecular formula is C16H21N3O3. The maximum atomic E-state index is 12.2. The van der Waals surface area contributed by atoms with Gasteiger partial charge < -0.3 is 4.90 Å². The molecule has 0 bridgehead atoms. The van der Waals surface area contributed by atoms with Crippen molar-refractivity contribution >= 4 is 17.7 Å². The van der Waals surface area contributed by atoms with Crippen molar-refractivity contribution in [1.29, 1.82) is 0 Å². The molecule has 22 heavy (non-hydrogen) atoms. The highest BCUT2D eigenvalue weighted by molar-refractivity contribution is 5.85. The first-order valence-electron chi connectivity index (χ1n) is 7.52. The summed E-state index contributed by atoms with van der Waals surface area (Å²) in [4.78, 5) is 36.5. The summed E-state index contributed by atoms with van der Waals surface area (Å²) in [5, 5.41) is 0. The Balaban J connectivity index is 1.76. The predicted octanol–water partition coefficient (Wildman–Crippen LogP) is 0.909. The largest absolute Gasteiger partial charge is 0.338 e. The smallest absolute Gasteiger partial charge is 0.238 e. The molecule has 0 radical (unpaired) electrons. The van der Waals surface area contributed by atoms with Gasteiger partial charge in [0, 0.05) is 32.4 Å². The molecule has 0 fully saturated rings. The molecule has 0 aliphatic carbocycles. The quantitative estimate of drug-likeness (QED) is 0.812. The van der Waals surface area contributed by atoms with Crippen LogP contribution in [0.1, 0.15) is 37.3 Å². The van der Waals surface area contributed by atoms with Crippen LogP contribution in [0, 0.1) is 0 Å². The summed E-state index contributed by atoms with van der Waals surface area (Å²) in [5.74, 6) is -0.647. The third-order valence-electron chi connectivity index (χ3n) is 3.71. The third kappa shape index (κ3) is 4.31. The first kappa shape index (κ1) is 16.0. The number of nitrogens with zero attached hydrogens (tertiary/aromatic N) is 1. The van der Waals surface area contributed by atoms with E-state index in [4.69, 9.17) is 0 Å². The summed E-state index contributed by atoms with van der Waals surface area (Å²) in [6.45, 7) is 2.98. The van der Waals surface area contributed by atoms with Gasteiger partial charge in [0.15, 0.2) is 0 Å². The molecule has 1 aromatic carbocycles. The van der Waals surface area contributed by atoms with E-state index in [2.05, 4.69) is 16.9 Å². The maximum absolute atomic E-state index is 12.2. The Morgan fingerprint density at radius 3 is 2.45 bits per heavy atom. The highest BCUT2D eigenvalue weighted by atomic mass is 16.2. The summed E-state index contributed by atoms with van der Waals surface area (Å²) in [6.07, 6.45) is 1.37. The highest BCUT2D eigenvalue weighted by Gasteiger charge is 2.20. The molecule has 2 rings (SSSR count). The van der Waals surface area contributed by atoms with Crippen LogP contribution in [0.3, 0.4) is 0 Å². The van der Waals surface area contributed by atoms with Gasteiger partial charge in [-0.15, -0.1) is 0 Å². The van der Waals surface area contributed by atoms with Crippen LogP contribution >= 0.6 is 0 Å². The van der Waals surface area contributed by atoms with E-state index in [-0.39, 0.29) is 30.6 Å². The third-order valence-corrected chi connectivity index (χ3v) is 3.71. The predicted molar refractivity (Wildman–Crippen MR) is 81.4 cm³/mol. The van der Waals surface area contributed by atoms with Gasteiger partial charge in [-0.3, -0.25) is 25.2 Å². The Morgan fingerprint density at radius 2 is 1.73 bits per heavy atom. The first-order valence-corrected chi connectivity index (χ1v) is 7.52. The Kier molecular flexibility index (Phi) is 5.52. The molecule has 0 aromatic heterocycles. The van der Waals surface area contributed by atoms with Gasteiger partial charge in [-0.05, 0) is 17.5 Å². The molecule has 118 valence electrons. The zero-order valence-electron chi connectivity index (χ0n) is 12.7. The molecule has 0 spiro atoms. The maximum Gasteiger partial charge on any atom is 0.238 e. The number of amides is 3. The standard InChI is InChI=1S/C16H21N3O3/c1-2-14(20)17-18-15(21)7-8-16(22)19-10-9-12-5-3-4-6-13(12)11-19/h3-6H,2,7-11H2,1H3,(H,17,20)(H,18,21). The lowest BCUT2D eigenvalue weighted by Gasteiger charge is -2.28. The Hall–Kier alpha value is -2.37. The Labute approximate surface area is 129 Å². The van der Waals surface area contributed by atoms with E-state index in [9.17, 15) is 14.4 Å². The van der Waals surface area contributed by atoms with Crippen molar-refractivity contribution in [3.8, 4) is 0 Å². The van der Waals surface area contributed by atoms with E-state index < -0.39 is 0 Å². The molecule has 0 unspecified atom stereocenters. The van der Waals surface area contributed by atoms with Gasteiger partial charge in [0.2, 0.25) is 17.7 Å². The monoisotopic (exact) mass is 303 g/mol. The van der Waals surface area contributed by atoms with E-state index in [1.54, 1.807) is 11.8 Å². The molecule has 0 saturated carbocycles. The normalized spacial score (nSPS) is 13.2. The van der Waals surface area contributed by atoms with Crippen molar-refractivity contribution in [2.24, 2.45) is 0 Å². The number of nitrogens with one attached hydrogen (secondary N) is 2. The van der Waals surface area contributed by atoms with Gasteiger partial charge >= 0.3 is 0 Å². The fraction of sp³-hybridized carbons (Fsp3) is 0.438. The summed E-state index contributed by atoms with van der Waals surface area (Å²) in [5.41, 5.74) is 7.04. The molecule has 1 aromatic rings. The molecule has 1 aliphatic rings. The SMILES string of the molecule is CCC(=O)NNC(=O)CCC(=O)N1CCc2ccccc2C1. The summed E-state index contributed by atoms with van der Waals surface area (Å²) < 4.78 is 0. The van der Waals surface area contributed by atoms with Crippen LogP contribution in [0.4, 0.5) is 0 Å². The molecule has 1 aliphatic heterocycles. The molecule has 2 N–H and O–H groups in total. The number of hydrogen-bond donors (Lipinski definition) is 2. The highest BCUT2D eigenvalue weighted by Crippen LogP contribution is 2.19. The van der Waals surface area contributed by atoms with Crippen LogP contribution in [0.25, 0.3) is 0 Å². The zero-order chi connectivity index (χ0) is 15.9. The fourth-order valence-corrected chi connectivity index (χ4v) is 2.38. The lowest BCUT2D eigenvalue weighted by Crippen LogP contribution is -2.42. The fourth-order valence-electron chi connectivity index (χ4n) is 2.38. The number of carbonyl (C=O) groups is 3. The number of hydrogen-bond acceptors (Lipinski definition) is 3. The van der Waals surface area contributed by atoms with Crippen molar-refractivity contribution in [1.82, 2.24) is 15.8 Å². The van der Waals surface area contributed by atoms with Crippen LogP contribution in [0.5, 0.6) is 0 Å². The minimum Gasteiger partial charge on any atom is -0.338 e. The molecule has 1 heterocycles. The first-order chi connectivity index (χ1) is 10.6. The average Bonchev–Trinajstić information content (AvgIpc) is 2.56. The van der Waals surface area contributed by atoms with Gasteiger partial charge in [-0.2, -0.15) is 0 Å². The van der Waals surface area contributed by atoms with Crippen molar-refractivity contribution < 1.29 is 14.4 Å². The van der Waals surface area contributed by atoms with E-state index in [1.807, 2.05) is 18.2 Å². The minimum absolute atomic E-state index is 0.0357. The van der Waals surface area contributed by atoms with E-state index in [0.29, 0.717) is 19.5 Å². The second-order valence-electron chi connectivity index (χ2n) is 5.28. The van der Waals surface area contributed by atoms with Gasteiger partial charge in [0.25, 0.3) is 0 Å². The molecule has 6 nitrogen and oxygen atoms in total. The van der Waals surface area contributed by atoms with Crippen molar-refractivity contribution in [3.05, 3.63) is 35.4 Å². The number of carbonyl (C=O) groups excluding carboxylic acids is 3. The van der Waals surface area contributed by atoms with Crippen molar-refractivity contribution in [3.63, 3.8) is 0 Å². The van der Waals surface area contributed by atoms with Crippen LogP contribution in [-0.2, 0) is 27.3 Å². The van der Waals surface area contributed by atoms with Gasteiger partial charge in [0.1, 0.15) is 0 Å². The van der Waals surface area contributed by atoms with Crippen LogP contribution in [0.2, 0.25) is 0 Å². The summed E-state index contributed by atoms with van der Waals surface area (Å²) in [6, 6.07) is 8.09. The van der Waals surface area contributed by atoms with Crippen molar-refractivity contribution in [2.75, 3.05) is 6.54 Å². The molecular weight excluding hydrogens is 282 g/mol. The van der Waals surface area contributed by atoms with Gasteiger partial charge in [0.05, 0.1) is 0 Å². The summed E-state index contributed by atoms with van der Waals surface area (Å²) in [7, 11) is 0. The number of rotatable bonds is 4. The lowest BCUT2D eigenvalue weighted by atomic mass is 9.99. The molecule has 6 heteroatoms. The van der Waals surface area contributed by atoms with Gasteiger partial charge in [-0.1, -0.05) is 31.2 Å². The van der Waals surface area contributed by atoms with E-state index >= 15 is 0 Å². The lowest BCUT2D eigenvalue weighted by molar-refractivity contribution is -0.135. The summed E-state index contributed by atoms with van der Waals surface area (Å²) >= 11 is 0. The van der Waals surface area contributed by atoms with Crippen LogP contribution < -0.4 is 10.9 Å². The number of fused-ring (bicyclic) bond motifs is 1.